The molecule has 6 aromatic carbocycles. The van der Waals surface area contributed by atoms with Crippen molar-refractivity contribution in [3.8, 4) is 17.2 Å². The summed E-state index contributed by atoms with van der Waals surface area (Å²) in [6.45, 7) is 0. The zero-order chi connectivity index (χ0) is 33.2. The predicted octanol–water partition coefficient (Wildman–Crippen LogP) is 9.34. The SMILES string of the molecule is Fc1cc2c(OB(Oc3ccc(F)c4c(F)c(F)c(F)cc34)Oc3ccc(F)c4c(F)c(F)c(F)cc34)ccc(F)c2c(F)c1F. The van der Waals surface area contributed by atoms with Crippen LogP contribution in [0.2, 0.25) is 0 Å². The van der Waals surface area contributed by atoms with Gasteiger partial charge in [-0.25, -0.2) is 52.7 Å². The molecule has 0 heterocycles. The van der Waals surface area contributed by atoms with Gasteiger partial charge in [-0.2, -0.15) is 0 Å². The summed E-state index contributed by atoms with van der Waals surface area (Å²) in [6.07, 6.45) is 0. The molecule has 0 spiro atoms. The Balaban J connectivity index is 1.54. The summed E-state index contributed by atoms with van der Waals surface area (Å²) in [5, 5.41) is -5.64. The molecule has 0 aromatic heterocycles. The molecule has 0 amide bonds. The summed E-state index contributed by atoms with van der Waals surface area (Å²) in [7, 11) is -2.43. The van der Waals surface area contributed by atoms with Crippen molar-refractivity contribution < 1.29 is 66.6 Å². The minimum Gasteiger partial charge on any atom is -0.489 e. The van der Waals surface area contributed by atoms with E-state index < -0.39 is 127 Å². The molecule has 6 aromatic rings. The zero-order valence-electron chi connectivity index (χ0n) is 22.0. The van der Waals surface area contributed by atoms with Crippen LogP contribution in [0.5, 0.6) is 17.2 Å². The molecule has 0 fully saturated rings. The highest BCUT2D eigenvalue weighted by molar-refractivity contribution is 6.40. The maximum Gasteiger partial charge on any atom is 0.864 e. The van der Waals surface area contributed by atoms with Crippen LogP contribution >= 0.6 is 0 Å². The minimum atomic E-state index is -2.43. The average molecular weight is 656 g/mol. The van der Waals surface area contributed by atoms with Gasteiger partial charge in [0.25, 0.3) is 0 Å². The van der Waals surface area contributed by atoms with Crippen LogP contribution in [0.15, 0.2) is 54.6 Å². The monoisotopic (exact) mass is 656 g/mol. The van der Waals surface area contributed by atoms with E-state index in [1.807, 2.05) is 0 Å². The number of halogens is 12. The molecule has 0 saturated heterocycles. The van der Waals surface area contributed by atoms with Gasteiger partial charge in [-0.3, -0.25) is 0 Å². The van der Waals surface area contributed by atoms with Crippen molar-refractivity contribution in [3.05, 3.63) is 124 Å². The summed E-state index contributed by atoms with van der Waals surface area (Å²) in [6, 6.07) is 4.89. The summed E-state index contributed by atoms with van der Waals surface area (Å²) in [4.78, 5) is 0. The lowest BCUT2D eigenvalue weighted by Gasteiger charge is -2.20. The normalized spacial score (nSPS) is 11.5. The van der Waals surface area contributed by atoms with Gasteiger partial charge in [0, 0.05) is 16.2 Å². The van der Waals surface area contributed by atoms with Crippen molar-refractivity contribution in [2.24, 2.45) is 0 Å². The predicted molar refractivity (Wildman–Crippen MR) is 139 cm³/mol. The van der Waals surface area contributed by atoms with E-state index in [2.05, 4.69) is 0 Å². The number of benzene rings is 6. The second kappa shape index (κ2) is 11.3. The van der Waals surface area contributed by atoms with Crippen molar-refractivity contribution in [2.75, 3.05) is 0 Å². The minimum absolute atomic E-state index is 0.324. The van der Waals surface area contributed by atoms with E-state index >= 15 is 0 Å². The van der Waals surface area contributed by atoms with Crippen LogP contribution in [0.1, 0.15) is 0 Å². The van der Waals surface area contributed by atoms with Gasteiger partial charge in [0.1, 0.15) is 34.7 Å². The highest BCUT2D eigenvalue weighted by atomic mass is 19.2. The third-order valence-electron chi connectivity index (χ3n) is 6.81. The molecule has 0 radical (unpaired) electrons. The van der Waals surface area contributed by atoms with Crippen LogP contribution in [-0.2, 0) is 0 Å². The van der Waals surface area contributed by atoms with Gasteiger partial charge < -0.3 is 14.0 Å². The van der Waals surface area contributed by atoms with Crippen LogP contribution in [0.3, 0.4) is 0 Å². The van der Waals surface area contributed by atoms with Gasteiger partial charge >= 0.3 is 7.32 Å². The average Bonchev–Trinajstić information content (AvgIpc) is 3.01. The van der Waals surface area contributed by atoms with Gasteiger partial charge in [-0.1, -0.05) is 0 Å². The fraction of sp³-hybridized carbons (Fsp3) is 0. The van der Waals surface area contributed by atoms with Crippen molar-refractivity contribution in [1.82, 2.24) is 0 Å². The van der Waals surface area contributed by atoms with Crippen LogP contribution in [0.4, 0.5) is 52.7 Å². The smallest absolute Gasteiger partial charge is 0.489 e. The maximum atomic E-state index is 14.5. The van der Waals surface area contributed by atoms with Crippen molar-refractivity contribution in [3.63, 3.8) is 0 Å². The molecule has 0 atom stereocenters. The van der Waals surface area contributed by atoms with E-state index in [0.29, 0.717) is 36.4 Å². The fourth-order valence-corrected chi connectivity index (χ4v) is 4.73. The Morgan fingerprint density at radius 3 is 0.848 bits per heavy atom. The van der Waals surface area contributed by atoms with Crippen LogP contribution in [0.25, 0.3) is 32.3 Å². The Bertz CT molecular complexity index is 2000. The first-order valence-electron chi connectivity index (χ1n) is 12.6. The highest BCUT2D eigenvalue weighted by Crippen LogP contribution is 2.37. The highest BCUT2D eigenvalue weighted by Gasteiger charge is 2.35. The van der Waals surface area contributed by atoms with Crippen molar-refractivity contribution in [1.29, 1.82) is 0 Å². The van der Waals surface area contributed by atoms with E-state index in [4.69, 9.17) is 14.0 Å². The topological polar surface area (TPSA) is 27.7 Å². The third-order valence-corrected chi connectivity index (χ3v) is 6.81. The summed E-state index contributed by atoms with van der Waals surface area (Å²) in [5.74, 6) is -23.7. The molecular formula is C30H9BF12O3. The largest absolute Gasteiger partial charge is 0.864 e. The van der Waals surface area contributed by atoms with E-state index in [9.17, 15) is 52.7 Å². The first-order valence-corrected chi connectivity index (χ1v) is 12.6. The lowest BCUT2D eigenvalue weighted by Crippen LogP contribution is -2.37. The van der Waals surface area contributed by atoms with Crippen LogP contribution in [0, 0.1) is 69.8 Å². The Morgan fingerprint density at radius 2 is 0.587 bits per heavy atom. The van der Waals surface area contributed by atoms with E-state index in [0.717, 1.165) is 18.2 Å². The Hall–Kier alpha value is -5.28. The number of hydrogen-bond donors (Lipinski definition) is 0. The molecule has 6 rings (SSSR count). The summed E-state index contributed by atoms with van der Waals surface area (Å²) >= 11 is 0. The standard InChI is InChI=1S/C30H9BF12O3/c32-13-1-4-19(10-7-16(35)25(38)28(41)22(10)13)44-31(45-20-5-2-14(33)23-11(20)8-17(36)26(39)29(23)42)46-21-6-3-15(34)24-12(21)9-18(37)27(40)30(24)43/h1-9H. The van der Waals surface area contributed by atoms with Crippen molar-refractivity contribution >= 4 is 39.6 Å². The molecule has 0 aliphatic rings. The molecule has 3 nitrogen and oxygen atoms in total. The van der Waals surface area contributed by atoms with Crippen molar-refractivity contribution in [2.45, 2.75) is 0 Å². The molecule has 0 bridgehead atoms. The zero-order valence-corrected chi connectivity index (χ0v) is 22.0. The molecular weight excluding hydrogens is 647 g/mol. The Kier molecular flexibility index (Phi) is 7.53. The number of rotatable bonds is 6. The van der Waals surface area contributed by atoms with Gasteiger partial charge in [-0.15, -0.1) is 0 Å². The molecule has 0 unspecified atom stereocenters. The lowest BCUT2D eigenvalue weighted by molar-refractivity contribution is 0.311. The summed E-state index contributed by atoms with van der Waals surface area (Å²) < 4.78 is 188. The van der Waals surface area contributed by atoms with Crippen LogP contribution < -0.4 is 14.0 Å². The molecule has 234 valence electrons. The van der Waals surface area contributed by atoms with E-state index in [-0.39, 0.29) is 0 Å². The Morgan fingerprint density at radius 1 is 0.326 bits per heavy atom. The molecule has 0 N–H and O–H groups in total. The second-order valence-corrected chi connectivity index (χ2v) is 9.51. The summed E-state index contributed by atoms with van der Waals surface area (Å²) in [5.41, 5.74) is 0. The van der Waals surface area contributed by atoms with Gasteiger partial charge in [0.05, 0.1) is 16.2 Å². The second-order valence-electron chi connectivity index (χ2n) is 9.51. The van der Waals surface area contributed by atoms with Gasteiger partial charge in [0.15, 0.2) is 52.4 Å². The quantitative estimate of drug-likeness (QED) is 0.102. The Labute approximate surface area is 248 Å². The molecule has 0 aliphatic carbocycles. The molecule has 46 heavy (non-hydrogen) atoms. The fourth-order valence-electron chi connectivity index (χ4n) is 4.73. The maximum absolute atomic E-state index is 14.5. The third kappa shape index (κ3) is 4.93. The number of fused-ring (bicyclic) bond motifs is 3. The molecule has 0 saturated carbocycles. The molecule has 16 heteroatoms. The lowest BCUT2D eigenvalue weighted by atomic mass is 10.0. The van der Waals surface area contributed by atoms with Crippen LogP contribution in [-0.4, -0.2) is 7.32 Å². The van der Waals surface area contributed by atoms with E-state index in [1.165, 1.54) is 0 Å². The number of hydrogen-bond acceptors (Lipinski definition) is 3. The van der Waals surface area contributed by atoms with Gasteiger partial charge in [0.2, 0.25) is 0 Å². The molecule has 0 aliphatic heterocycles. The van der Waals surface area contributed by atoms with Gasteiger partial charge in [-0.05, 0) is 54.6 Å². The first kappa shape index (κ1) is 30.7. The van der Waals surface area contributed by atoms with E-state index in [1.54, 1.807) is 0 Å². The first-order chi connectivity index (χ1) is 21.8.